The summed E-state index contributed by atoms with van der Waals surface area (Å²) in [6.45, 7) is 4.21. The highest BCUT2D eigenvalue weighted by molar-refractivity contribution is 5.06. The maximum atomic E-state index is 6.16. The largest absolute Gasteiger partial charge is 0.372 e. The van der Waals surface area contributed by atoms with Gasteiger partial charge >= 0.3 is 0 Å². The Morgan fingerprint density at radius 2 is 1.93 bits per heavy atom. The molecule has 3 fully saturated rings. The number of fused-ring (bicyclic) bond motifs is 2. The zero-order valence-corrected chi connectivity index (χ0v) is 9.83. The van der Waals surface area contributed by atoms with Gasteiger partial charge in [-0.1, -0.05) is 0 Å². The molecule has 15 heavy (non-hydrogen) atoms. The van der Waals surface area contributed by atoms with Crippen LogP contribution in [-0.4, -0.2) is 48.8 Å². The Bertz CT molecular complexity index is 242. The number of nitrogens with zero attached hydrogens (tertiary/aromatic N) is 1. The number of ether oxygens (including phenoxy) is 1. The summed E-state index contributed by atoms with van der Waals surface area (Å²) in [5, 5.41) is 3.58. The smallest absolute Gasteiger partial charge is 0.0862 e. The van der Waals surface area contributed by atoms with Crippen molar-refractivity contribution >= 4 is 0 Å². The van der Waals surface area contributed by atoms with Crippen LogP contribution in [0.3, 0.4) is 0 Å². The third-order valence-corrected chi connectivity index (χ3v) is 4.88. The molecule has 1 N–H and O–H groups in total. The van der Waals surface area contributed by atoms with E-state index in [2.05, 4.69) is 24.2 Å². The van der Waals surface area contributed by atoms with Crippen LogP contribution in [0.25, 0.3) is 0 Å². The molecule has 0 aliphatic carbocycles. The van der Waals surface area contributed by atoms with Gasteiger partial charge in [0.25, 0.3) is 0 Å². The van der Waals surface area contributed by atoms with Gasteiger partial charge in [-0.05, 0) is 39.7 Å². The maximum Gasteiger partial charge on any atom is 0.0862 e. The molecule has 0 aromatic rings. The van der Waals surface area contributed by atoms with E-state index in [4.69, 9.17) is 4.74 Å². The molecule has 1 spiro atoms. The van der Waals surface area contributed by atoms with Gasteiger partial charge in [0.05, 0.1) is 12.2 Å². The Labute approximate surface area is 92.2 Å². The molecule has 3 heteroatoms. The molecule has 3 saturated heterocycles. The monoisotopic (exact) mass is 210 g/mol. The van der Waals surface area contributed by atoms with Crippen LogP contribution < -0.4 is 5.32 Å². The van der Waals surface area contributed by atoms with E-state index in [0.717, 1.165) is 25.2 Å². The summed E-state index contributed by atoms with van der Waals surface area (Å²) in [6.07, 6.45) is 5.21. The maximum absolute atomic E-state index is 6.16. The topological polar surface area (TPSA) is 24.5 Å². The second-order valence-electron chi connectivity index (χ2n) is 5.55. The third-order valence-electron chi connectivity index (χ3n) is 4.88. The van der Waals surface area contributed by atoms with Gasteiger partial charge < -0.3 is 15.0 Å². The van der Waals surface area contributed by atoms with Gasteiger partial charge in [0.1, 0.15) is 0 Å². The van der Waals surface area contributed by atoms with Gasteiger partial charge in [-0.3, -0.25) is 0 Å². The molecule has 3 aliphatic rings. The predicted octanol–water partition coefficient (Wildman–Crippen LogP) is 0.990. The zero-order chi connectivity index (χ0) is 10.5. The lowest BCUT2D eigenvalue weighted by molar-refractivity contribution is -0.136. The molecule has 86 valence electrons. The van der Waals surface area contributed by atoms with E-state index in [1.54, 1.807) is 0 Å². The van der Waals surface area contributed by atoms with E-state index in [1.165, 1.54) is 25.7 Å². The highest BCUT2D eigenvalue weighted by Gasteiger charge is 2.51. The minimum Gasteiger partial charge on any atom is -0.372 e. The number of piperidine rings is 1. The van der Waals surface area contributed by atoms with Crippen LogP contribution in [-0.2, 0) is 4.74 Å². The fraction of sp³-hybridized carbons (Fsp3) is 1.00. The third kappa shape index (κ3) is 1.44. The fourth-order valence-corrected chi connectivity index (χ4v) is 3.78. The number of hydrogen-bond acceptors (Lipinski definition) is 3. The highest BCUT2D eigenvalue weighted by Crippen LogP contribution is 2.43. The van der Waals surface area contributed by atoms with Crippen LogP contribution in [0.1, 0.15) is 32.6 Å². The Balaban J connectivity index is 1.82. The second-order valence-corrected chi connectivity index (χ2v) is 5.55. The molecule has 3 unspecified atom stereocenters. The Morgan fingerprint density at radius 1 is 1.27 bits per heavy atom. The molecule has 0 radical (unpaired) electrons. The van der Waals surface area contributed by atoms with E-state index in [-0.39, 0.29) is 5.60 Å². The summed E-state index contributed by atoms with van der Waals surface area (Å²) >= 11 is 0. The van der Waals surface area contributed by atoms with Gasteiger partial charge in [0.2, 0.25) is 0 Å². The summed E-state index contributed by atoms with van der Waals surface area (Å²) in [5.41, 5.74) is 0.149. The van der Waals surface area contributed by atoms with Crippen molar-refractivity contribution in [2.24, 2.45) is 0 Å². The summed E-state index contributed by atoms with van der Waals surface area (Å²) in [5.74, 6) is 0. The van der Waals surface area contributed by atoms with E-state index in [1.807, 2.05) is 0 Å². The Kier molecular flexibility index (Phi) is 2.31. The van der Waals surface area contributed by atoms with E-state index in [0.29, 0.717) is 6.04 Å². The standard InChI is InChI=1S/C12H22N2O/c1-9-12(15-6-5-13-9)7-10-3-4-11(8-12)14(10)2/h9-11,13H,3-8H2,1-2H3. The normalized spacial score (nSPS) is 51.2. The van der Waals surface area contributed by atoms with E-state index < -0.39 is 0 Å². The molecule has 2 bridgehead atoms. The summed E-state index contributed by atoms with van der Waals surface area (Å²) in [4.78, 5) is 2.58. The molecule has 3 aliphatic heterocycles. The lowest BCUT2D eigenvalue weighted by atomic mass is 9.80. The molecule has 0 aromatic carbocycles. The average Bonchev–Trinajstić information content (AvgIpc) is 2.49. The van der Waals surface area contributed by atoms with E-state index >= 15 is 0 Å². The van der Waals surface area contributed by atoms with Crippen molar-refractivity contribution in [3.8, 4) is 0 Å². The summed E-state index contributed by atoms with van der Waals surface area (Å²) in [7, 11) is 2.29. The SMILES string of the molecule is CC1NCCOC12CC1CCC(C2)N1C. The summed E-state index contributed by atoms with van der Waals surface area (Å²) < 4.78 is 6.16. The average molecular weight is 210 g/mol. The van der Waals surface area contributed by atoms with Crippen LogP contribution in [0.2, 0.25) is 0 Å². The minimum atomic E-state index is 0.149. The Morgan fingerprint density at radius 3 is 2.53 bits per heavy atom. The van der Waals surface area contributed by atoms with Gasteiger partial charge in [-0.25, -0.2) is 0 Å². The van der Waals surface area contributed by atoms with Crippen molar-refractivity contribution in [1.29, 1.82) is 0 Å². The van der Waals surface area contributed by atoms with Crippen LogP contribution in [0, 0.1) is 0 Å². The first-order chi connectivity index (χ1) is 7.21. The molecular formula is C12H22N2O. The van der Waals surface area contributed by atoms with Crippen molar-refractivity contribution in [2.45, 2.75) is 56.3 Å². The second kappa shape index (κ2) is 3.44. The quantitative estimate of drug-likeness (QED) is 0.645. The van der Waals surface area contributed by atoms with Crippen LogP contribution in [0.4, 0.5) is 0 Å². The van der Waals surface area contributed by atoms with Crippen molar-refractivity contribution in [1.82, 2.24) is 10.2 Å². The highest BCUT2D eigenvalue weighted by atomic mass is 16.5. The lowest BCUT2D eigenvalue weighted by Gasteiger charge is -2.50. The van der Waals surface area contributed by atoms with Crippen molar-refractivity contribution in [3.63, 3.8) is 0 Å². The van der Waals surface area contributed by atoms with Gasteiger partial charge in [-0.15, -0.1) is 0 Å². The first-order valence-corrected chi connectivity index (χ1v) is 6.30. The molecule has 3 heterocycles. The molecule has 3 atom stereocenters. The minimum absolute atomic E-state index is 0.149. The zero-order valence-electron chi connectivity index (χ0n) is 9.83. The number of rotatable bonds is 0. The number of nitrogens with one attached hydrogen (secondary N) is 1. The van der Waals surface area contributed by atoms with Crippen LogP contribution in [0.5, 0.6) is 0 Å². The van der Waals surface area contributed by atoms with Crippen LogP contribution in [0.15, 0.2) is 0 Å². The van der Waals surface area contributed by atoms with Crippen LogP contribution >= 0.6 is 0 Å². The molecule has 0 aromatic heterocycles. The predicted molar refractivity (Wildman–Crippen MR) is 60.0 cm³/mol. The van der Waals surface area contributed by atoms with E-state index in [9.17, 15) is 0 Å². The van der Waals surface area contributed by atoms with Crippen molar-refractivity contribution < 1.29 is 4.74 Å². The molecule has 0 saturated carbocycles. The molecular weight excluding hydrogens is 188 g/mol. The first-order valence-electron chi connectivity index (χ1n) is 6.30. The Hall–Kier alpha value is -0.120. The summed E-state index contributed by atoms with van der Waals surface area (Å²) in [6, 6.07) is 2.07. The molecule has 3 nitrogen and oxygen atoms in total. The number of hydrogen-bond donors (Lipinski definition) is 1. The van der Waals surface area contributed by atoms with Gasteiger partial charge in [-0.2, -0.15) is 0 Å². The van der Waals surface area contributed by atoms with Gasteiger partial charge in [0.15, 0.2) is 0 Å². The first kappa shape index (κ1) is 10.1. The van der Waals surface area contributed by atoms with Gasteiger partial charge in [0, 0.05) is 24.7 Å². The molecule has 3 rings (SSSR count). The number of morpholine rings is 1. The van der Waals surface area contributed by atoms with Crippen molar-refractivity contribution in [3.05, 3.63) is 0 Å². The molecule has 0 amide bonds. The fourth-order valence-electron chi connectivity index (χ4n) is 3.78. The lowest BCUT2D eigenvalue weighted by Crippen LogP contribution is -2.62. The van der Waals surface area contributed by atoms with Crippen molar-refractivity contribution in [2.75, 3.05) is 20.2 Å².